The van der Waals surface area contributed by atoms with Gasteiger partial charge in [0.25, 0.3) is 5.78 Å². The molecular formula is C10H12ClN5S. The second-order valence-electron chi connectivity index (χ2n) is 4.18. The van der Waals surface area contributed by atoms with Gasteiger partial charge in [-0.05, 0) is 19.1 Å². The zero-order valence-electron chi connectivity index (χ0n) is 9.35. The monoisotopic (exact) mass is 269 g/mol. The molecule has 2 aromatic rings. The molecule has 5 nitrogen and oxygen atoms in total. The van der Waals surface area contributed by atoms with Crippen molar-refractivity contribution < 1.29 is 0 Å². The van der Waals surface area contributed by atoms with Crippen molar-refractivity contribution in [2.45, 2.75) is 17.6 Å². The molecule has 1 N–H and O–H groups in total. The summed E-state index contributed by atoms with van der Waals surface area (Å²) >= 11 is 7.86. The lowest BCUT2D eigenvalue weighted by Crippen LogP contribution is -2.19. The Hall–Kier alpha value is -1.01. The summed E-state index contributed by atoms with van der Waals surface area (Å²) in [7, 11) is 0. The minimum absolute atomic E-state index is 0.392. The summed E-state index contributed by atoms with van der Waals surface area (Å²) in [5.74, 6) is 1.37. The third-order valence-corrected chi connectivity index (χ3v) is 4.67. The van der Waals surface area contributed by atoms with E-state index in [0.717, 1.165) is 12.4 Å². The normalized spacial score (nSPS) is 17.3. The van der Waals surface area contributed by atoms with Crippen molar-refractivity contribution in [2.24, 2.45) is 0 Å². The zero-order chi connectivity index (χ0) is 11.9. The fourth-order valence-electron chi connectivity index (χ4n) is 1.75. The lowest BCUT2D eigenvalue weighted by atomic mass is 10.4. The van der Waals surface area contributed by atoms with Gasteiger partial charge in [0.1, 0.15) is 17.3 Å². The Bertz CT molecular complexity index is 551. The maximum absolute atomic E-state index is 5.94. The molecule has 0 atom stereocenters. The summed E-state index contributed by atoms with van der Waals surface area (Å²) in [4.78, 5) is 8.12. The molecule has 17 heavy (non-hydrogen) atoms. The van der Waals surface area contributed by atoms with Crippen LogP contribution >= 0.6 is 23.4 Å². The highest BCUT2D eigenvalue weighted by molar-refractivity contribution is 8.00. The van der Waals surface area contributed by atoms with E-state index in [2.05, 4.69) is 26.6 Å². The van der Waals surface area contributed by atoms with Gasteiger partial charge in [-0.1, -0.05) is 11.6 Å². The Balaban J connectivity index is 1.86. The van der Waals surface area contributed by atoms with Crippen molar-refractivity contribution in [3.63, 3.8) is 0 Å². The van der Waals surface area contributed by atoms with Crippen LogP contribution in [-0.2, 0) is 0 Å². The van der Waals surface area contributed by atoms with Crippen molar-refractivity contribution in [3.05, 3.63) is 17.5 Å². The zero-order valence-corrected chi connectivity index (χ0v) is 10.9. The van der Waals surface area contributed by atoms with E-state index in [0.29, 0.717) is 15.7 Å². The Morgan fingerprint density at radius 3 is 3.12 bits per heavy atom. The summed E-state index contributed by atoms with van der Waals surface area (Å²) in [5.41, 5.74) is 0. The van der Waals surface area contributed by atoms with Gasteiger partial charge in [0.05, 0.1) is 0 Å². The van der Waals surface area contributed by atoms with Crippen LogP contribution in [0.3, 0.4) is 0 Å². The number of nitrogens with one attached hydrogen (secondary N) is 1. The predicted molar refractivity (Wildman–Crippen MR) is 69.8 cm³/mol. The minimum atomic E-state index is 0.392. The van der Waals surface area contributed by atoms with Gasteiger partial charge in [-0.25, -0.2) is 0 Å². The second-order valence-corrected chi connectivity index (χ2v) is 5.84. The highest BCUT2D eigenvalue weighted by Crippen LogP contribution is 2.47. The Morgan fingerprint density at radius 2 is 2.41 bits per heavy atom. The first-order valence-electron chi connectivity index (χ1n) is 5.38. The molecule has 2 heterocycles. The minimum Gasteiger partial charge on any atom is -0.368 e. The van der Waals surface area contributed by atoms with Crippen LogP contribution in [0.15, 0.2) is 12.4 Å². The van der Waals surface area contributed by atoms with Gasteiger partial charge in [-0.15, -0.1) is 0 Å². The highest BCUT2D eigenvalue weighted by atomic mass is 35.5. The molecule has 0 aliphatic heterocycles. The number of anilines is 1. The topological polar surface area (TPSA) is 55.1 Å². The molecule has 0 amide bonds. The molecule has 1 fully saturated rings. The van der Waals surface area contributed by atoms with Crippen LogP contribution < -0.4 is 5.32 Å². The summed E-state index contributed by atoms with van der Waals surface area (Å²) in [6.45, 7) is 0.920. The number of nitrogens with zero attached hydrogens (tertiary/aromatic N) is 4. The number of hydrogen-bond acceptors (Lipinski definition) is 5. The van der Waals surface area contributed by atoms with Crippen LogP contribution in [0.2, 0.25) is 5.15 Å². The maximum Gasteiger partial charge on any atom is 0.255 e. The average molecular weight is 270 g/mol. The fraction of sp³-hybridized carbons (Fsp3) is 0.500. The first-order valence-corrected chi connectivity index (χ1v) is 6.98. The smallest absolute Gasteiger partial charge is 0.255 e. The second kappa shape index (κ2) is 4.03. The first-order chi connectivity index (χ1) is 8.22. The number of thioether (sulfide) groups is 1. The van der Waals surface area contributed by atoms with Gasteiger partial charge < -0.3 is 5.32 Å². The Labute approximate surface area is 108 Å². The molecule has 0 radical (unpaired) electrons. The van der Waals surface area contributed by atoms with E-state index in [9.17, 15) is 0 Å². The van der Waals surface area contributed by atoms with E-state index in [-0.39, 0.29) is 0 Å². The lowest BCUT2D eigenvalue weighted by molar-refractivity contribution is 0.890. The van der Waals surface area contributed by atoms with Crippen LogP contribution in [0.5, 0.6) is 0 Å². The third kappa shape index (κ3) is 2.07. The number of fused-ring (bicyclic) bond motifs is 1. The largest absolute Gasteiger partial charge is 0.368 e. The molecule has 1 saturated carbocycles. The first kappa shape index (κ1) is 11.1. The van der Waals surface area contributed by atoms with Gasteiger partial charge >= 0.3 is 0 Å². The predicted octanol–water partition coefficient (Wildman–Crippen LogP) is 2.09. The molecule has 0 unspecified atom stereocenters. The van der Waals surface area contributed by atoms with E-state index in [1.165, 1.54) is 19.2 Å². The summed E-state index contributed by atoms with van der Waals surface area (Å²) in [5, 5.41) is 7.94. The number of rotatable bonds is 4. The Morgan fingerprint density at radius 1 is 1.59 bits per heavy atom. The van der Waals surface area contributed by atoms with Gasteiger partial charge in [0.2, 0.25) is 0 Å². The van der Waals surface area contributed by atoms with E-state index < -0.39 is 0 Å². The molecule has 0 saturated heterocycles. The molecule has 1 aliphatic rings. The van der Waals surface area contributed by atoms with Gasteiger partial charge in [-0.2, -0.15) is 31.3 Å². The molecule has 0 bridgehead atoms. The molecular weight excluding hydrogens is 258 g/mol. The summed E-state index contributed by atoms with van der Waals surface area (Å²) in [6.07, 6.45) is 6.16. The van der Waals surface area contributed by atoms with E-state index in [4.69, 9.17) is 11.6 Å². The third-order valence-electron chi connectivity index (χ3n) is 3.05. The van der Waals surface area contributed by atoms with Crippen molar-refractivity contribution in [1.82, 2.24) is 19.6 Å². The van der Waals surface area contributed by atoms with Crippen molar-refractivity contribution in [2.75, 3.05) is 18.1 Å². The molecule has 3 rings (SSSR count). The lowest BCUT2D eigenvalue weighted by Gasteiger charge is -2.14. The van der Waals surface area contributed by atoms with Crippen molar-refractivity contribution in [1.29, 1.82) is 0 Å². The molecule has 0 spiro atoms. The maximum atomic E-state index is 5.94. The molecule has 2 aromatic heterocycles. The SMILES string of the molecule is CSC1(CNc2cc(Cl)nc3ncnn23)CC1. The van der Waals surface area contributed by atoms with Gasteiger partial charge in [0, 0.05) is 17.4 Å². The molecule has 7 heteroatoms. The molecule has 1 aliphatic carbocycles. The van der Waals surface area contributed by atoms with Gasteiger partial charge in [0.15, 0.2) is 0 Å². The van der Waals surface area contributed by atoms with Crippen LogP contribution in [0.4, 0.5) is 5.82 Å². The van der Waals surface area contributed by atoms with Gasteiger partial charge in [-0.3, -0.25) is 0 Å². The number of halogens is 1. The van der Waals surface area contributed by atoms with E-state index in [1.54, 1.807) is 10.6 Å². The average Bonchev–Trinajstić information content (AvgIpc) is 2.96. The number of aromatic nitrogens is 4. The quantitative estimate of drug-likeness (QED) is 0.862. The van der Waals surface area contributed by atoms with Crippen LogP contribution in [-0.4, -0.2) is 37.1 Å². The van der Waals surface area contributed by atoms with Crippen molar-refractivity contribution >= 4 is 35.0 Å². The Kier molecular flexibility index (Phi) is 2.63. The summed E-state index contributed by atoms with van der Waals surface area (Å²) in [6, 6.07) is 1.78. The molecule has 0 aromatic carbocycles. The van der Waals surface area contributed by atoms with Crippen LogP contribution in [0.1, 0.15) is 12.8 Å². The fourth-order valence-corrected chi connectivity index (χ4v) is 2.66. The van der Waals surface area contributed by atoms with Crippen LogP contribution in [0.25, 0.3) is 5.78 Å². The van der Waals surface area contributed by atoms with E-state index in [1.807, 2.05) is 11.8 Å². The molecule has 90 valence electrons. The number of hydrogen-bond donors (Lipinski definition) is 1. The van der Waals surface area contributed by atoms with Crippen molar-refractivity contribution in [3.8, 4) is 0 Å². The van der Waals surface area contributed by atoms with E-state index >= 15 is 0 Å². The standard InChI is InChI=1S/C10H12ClN5S/c1-17-10(2-3-10)5-12-8-4-7(11)15-9-13-6-14-16(8)9/h4,6,12H,2-3,5H2,1H3. The highest BCUT2D eigenvalue weighted by Gasteiger charge is 2.41. The summed E-state index contributed by atoms with van der Waals surface area (Å²) < 4.78 is 2.06. The van der Waals surface area contributed by atoms with Crippen LogP contribution in [0, 0.1) is 0 Å².